The summed E-state index contributed by atoms with van der Waals surface area (Å²) in [6.07, 6.45) is 1.19. The molecule has 0 saturated heterocycles. The fraction of sp³-hybridized carbons (Fsp3) is 0.111. The van der Waals surface area contributed by atoms with Crippen molar-refractivity contribution in [2.24, 2.45) is 0 Å². The Hall–Kier alpha value is -1.91. The first-order valence-electron chi connectivity index (χ1n) is 3.99. The van der Waals surface area contributed by atoms with Crippen molar-refractivity contribution < 1.29 is 13.7 Å². The van der Waals surface area contributed by atoms with Crippen LogP contribution in [-0.4, -0.2) is 10.1 Å². The van der Waals surface area contributed by atoms with E-state index >= 15 is 0 Å². The van der Waals surface area contributed by atoms with E-state index in [4.69, 9.17) is 4.74 Å². The second-order valence-electron chi connectivity index (χ2n) is 2.57. The summed E-state index contributed by atoms with van der Waals surface area (Å²) in [7, 11) is 0. The van der Waals surface area contributed by atoms with E-state index in [2.05, 4.69) is 14.7 Å². The van der Waals surface area contributed by atoms with Crippen LogP contribution in [0, 0.1) is 5.82 Å². The van der Waals surface area contributed by atoms with Gasteiger partial charge in [0, 0.05) is 0 Å². The van der Waals surface area contributed by atoms with Gasteiger partial charge >= 0.3 is 0 Å². The second kappa shape index (κ2) is 3.87. The molecular weight excluding hydrogens is 187 g/mol. The number of nitrogens with zero attached hydrogens (tertiary/aromatic N) is 2. The molecule has 1 aromatic heterocycles. The number of benzene rings is 1. The summed E-state index contributed by atoms with van der Waals surface area (Å²) < 4.78 is 22.6. The highest BCUT2D eigenvalue weighted by Gasteiger charge is 2.03. The summed E-state index contributed by atoms with van der Waals surface area (Å²) >= 11 is 0. The fourth-order valence-corrected chi connectivity index (χ4v) is 0.960. The number of hydrogen-bond donors (Lipinski definition) is 0. The van der Waals surface area contributed by atoms with Gasteiger partial charge in [0.15, 0.2) is 18.2 Å². The maximum absolute atomic E-state index is 13.0. The number of para-hydroxylation sites is 1. The topological polar surface area (TPSA) is 48.2 Å². The van der Waals surface area contributed by atoms with Gasteiger partial charge in [-0.2, -0.15) is 4.98 Å². The Kier molecular flexibility index (Phi) is 2.40. The lowest BCUT2D eigenvalue weighted by Gasteiger charge is -2.03. The lowest BCUT2D eigenvalue weighted by Crippen LogP contribution is -1.98. The van der Waals surface area contributed by atoms with E-state index in [-0.39, 0.29) is 12.4 Å². The zero-order valence-corrected chi connectivity index (χ0v) is 7.18. The van der Waals surface area contributed by atoms with Gasteiger partial charge < -0.3 is 9.26 Å². The van der Waals surface area contributed by atoms with E-state index < -0.39 is 5.82 Å². The molecule has 0 N–H and O–H groups in total. The highest BCUT2D eigenvalue weighted by atomic mass is 19.1. The van der Waals surface area contributed by atoms with Gasteiger partial charge in [-0.1, -0.05) is 17.3 Å². The Balaban J connectivity index is 2.02. The second-order valence-corrected chi connectivity index (χ2v) is 2.57. The normalized spacial score (nSPS) is 10.1. The minimum Gasteiger partial charge on any atom is -0.482 e. The monoisotopic (exact) mass is 194 g/mol. The molecule has 0 aliphatic heterocycles. The van der Waals surface area contributed by atoms with Gasteiger partial charge in [0.25, 0.3) is 0 Å². The van der Waals surface area contributed by atoms with Crippen molar-refractivity contribution in [2.45, 2.75) is 6.61 Å². The van der Waals surface area contributed by atoms with Crippen LogP contribution in [0.5, 0.6) is 5.75 Å². The molecule has 72 valence electrons. The summed E-state index contributed by atoms with van der Waals surface area (Å²) in [5, 5.41) is 3.53. The van der Waals surface area contributed by atoms with Crippen LogP contribution in [0.2, 0.25) is 0 Å². The molecule has 0 atom stereocenters. The Labute approximate surface area is 79.3 Å². The van der Waals surface area contributed by atoms with E-state index in [1.807, 2.05) is 0 Å². The average Bonchev–Trinajstić information content (AvgIpc) is 2.69. The summed E-state index contributed by atoms with van der Waals surface area (Å²) in [5.41, 5.74) is 0. The fourth-order valence-electron chi connectivity index (χ4n) is 0.960. The van der Waals surface area contributed by atoms with Crippen LogP contribution >= 0.6 is 0 Å². The van der Waals surface area contributed by atoms with Gasteiger partial charge in [0.1, 0.15) is 0 Å². The van der Waals surface area contributed by atoms with Crippen LogP contribution in [0.1, 0.15) is 5.82 Å². The molecule has 0 fully saturated rings. The minimum atomic E-state index is -0.406. The maximum atomic E-state index is 13.0. The number of aromatic nitrogens is 2. The molecule has 14 heavy (non-hydrogen) atoms. The van der Waals surface area contributed by atoms with Gasteiger partial charge in [0.05, 0.1) is 0 Å². The molecule has 0 radical (unpaired) electrons. The van der Waals surface area contributed by atoms with E-state index in [0.717, 1.165) is 0 Å². The highest BCUT2D eigenvalue weighted by Crippen LogP contribution is 2.16. The smallest absolute Gasteiger partial charge is 0.213 e. The predicted octanol–water partition coefficient (Wildman–Crippen LogP) is 1.79. The average molecular weight is 194 g/mol. The minimum absolute atomic E-state index is 0.0947. The third-order valence-electron chi connectivity index (χ3n) is 1.60. The molecule has 2 aromatic rings. The Bertz CT molecular complexity index is 403. The van der Waals surface area contributed by atoms with E-state index in [0.29, 0.717) is 5.82 Å². The van der Waals surface area contributed by atoms with Gasteiger partial charge in [0.2, 0.25) is 12.2 Å². The summed E-state index contributed by atoms with van der Waals surface area (Å²) in [6, 6.07) is 6.14. The van der Waals surface area contributed by atoms with Crippen LogP contribution < -0.4 is 4.74 Å². The van der Waals surface area contributed by atoms with Crippen molar-refractivity contribution in [1.82, 2.24) is 10.1 Å². The first-order chi connectivity index (χ1) is 6.86. The van der Waals surface area contributed by atoms with Crippen molar-refractivity contribution in [3.05, 3.63) is 42.3 Å². The van der Waals surface area contributed by atoms with Gasteiger partial charge in [-0.3, -0.25) is 0 Å². The molecule has 0 aliphatic rings. The zero-order chi connectivity index (χ0) is 9.80. The molecule has 4 nitrogen and oxygen atoms in total. The number of halogens is 1. The van der Waals surface area contributed by atoms with Crippen LogP contribution in [0.3, 0.4) is 0 Å². The molecule has 5 heteroatoms. The standard InChI is InChI=1S/C9H7FN2O2/c10-7-3-1-2-4-8(7)13-5-9-11-6-14-12-9/h1-4,6H,5H2. The molecule has 0 aliphatic carbocycles. The Morgan fingerprint density at radius 3 is 2.93 bits per heavy atom. The lowest BCUT2D eigenvalue weighted by atomic mass is 10.3. The van der Waals surface area contributed by atoms with Crippen molar-refractivity contribution in [3.8, 4) is 5.75 Å². The molecule has 0 saturated carbocycles. The molecule has 1 heterocycles. The van der Waals surface area contributed by atoms with Crippen molar-refractivity contribution in [3.63, 3.8) is 0 Å². The quantitative estimate of drug-likeness (QED) is 0.747. The Morgan fingerprint density at radius 1 is 1.36 bits per heavy atom. The third kappa shape index (κ3) is 1.87. The molecule has 1 aromatic carbocycles. The highest BCUT2D eigenvalue weighted by molar-refractivity contribution is 5.23. The molecule has 0 bridgehead atoms. The summed E-state index contributed by atoms with van der Waals surface area (Å²) in [4.78, 5) is 3.74. The summed E-state index contributed by atoms with van der Waals surface area (Å²) in [5.74, 6) is 0.154. The molecular formula is C9H7FN2O2. The van der Waals surface area contributed by atoms with Crippen molar-refractivity contribution in [1.29, 1.82) is 0 Å². The Morgan fingerprint density at radius 2 is 2.21 bits per heavy atom. The van der Waals surface area contributed by atoms with Crippen LogP contribution in [-0.2, 0) is 6.61 Å². The SMILES string of the molecule is Fc1ccccc1OCc1ncon1. The lowest BCUT2D eigenvalue weighted by molar-refractivity contribution is 0.273. The van der Waals surface area contributed by atoms with Gasteiger partial charge in [-0.05, 0) is 12.1 Å². The van der Waals surface area contributed by atoms with Gasteiger partial charge in [-0.25, -0.2) is 4.39 Å². The molecule has 0 unspecified atom stereocenters. The largest absolute Gasteiger partial charge is 0.482 e. The number of rotatable bonds is 3. The predicted molar refractivity (Wildman–Crippen MR) is 45.0 cm³/mol. The van der Waals surface area contributed by atoms with Gasteiger partial charge in [-0.15, -0.1) is 0 Å². The number of hydrogen-bond acceptors (Lipinski definition) is 4. The van der Waals surface area contributed by atoms with E-state index in [1.165, 1.54) is 18.5 Å². The van der Waals surface area contributed by atoms with Crippen LogP contribution in [0.4, 0.5) is 4.39 Å². The van der Waals surface area contributed by atoms with Crippen molar-refractivity contribution >= 4 is 0 Å². The molecule has 0 spiro atoms. The van der Waals surface area contributed by atoms with Crippen LogP contribution in [0.15, 0.2) is 35.2 Å². The maximum Gasteiger partial charge on any atom is 0.213 e. The first kappa shape index (κ1) is 8.68. The molecule has 2 rings (SSSR count). The molecule has 0 amide bonds. The van der Waals surface area contributed by atoms with Crippen LogP contribution in [0.25, 0.3) is 0 Å². The third-order valence-corrected chi connectivity index (χ3v) is 1.60. The summed E-state index contributed by atoms with van der Waals surface area (Å²) in [6.45, 7) is 0.0947. The van der Waals surface area contributed by atoms with E-state index in [9.17, 15) is 4.39 Å². The van der Waals surface area contributed by atoms with E-state index in [1.54, 1.807) is 12.1 Å². The number of ether oxygens (including phenoxy) is 1. The van der Waals surface area contributed by atoms with Crippen molar-refractivity contribution in [2.75, 3.05) is 0 Å². The zero-order valence-electron chi connectivity index (χ0n) is 7.18. The first-order valence-corrected chi connectivity index (χ1v) is 3.99.